The van der Waals surface area contributed by atoms with Crippen molar-refractivity contribution in [2.75, 3.05) is 6.61 Å². The molecule has 2 aromatic heterocycles. The van der Waals surface area contributed by atoms with E-state index in [4.69, 9.17) is 20.6 Å². The van der Waals surface area contributed by atoms with Crippen LogP contribution < -0.4 is 5.73 Å². The molecule has 0 fully saturated rings. The van der Waals surface area contributed by atoms with E-state index in [0.29, 0.717) is 32.1 Å². The summed E-state index contributed by atoms with van der Waals surface area (Å²) in [5.41, 5.74) is 10.8. The number of fused-ring (bicyclic) bond motifs is 1. The molecule has 35 heavy (non-hydrogen) atoms. The van der Waals surface area contributed by atoms with Gasteiger partial charge in [0.15, 0.2) is 17.4 Å². The number of benzene rings is 2. The van der Waals surface area contributed by atoms with Crippen molar-refractivity contribution in [2.45, 2.75) is 52.3 Å². The number of aromatic nitrogens is 4. The molecule has 0 amide bonds. The Morgan fingerprint density at radius 3 is 2.63 bits per heavy atom. The zero-order chi connectivity index (χ0) is 25.3. The normalized spacial score (nSPS) is 12.1. The topological polar surface area (TPSA) is 91.1 Å². The van der Waals surface area contributed by atoms with E-state index in [2.05, 4.69) is 19.6 Å². The van der Waals surface area contributed by atoms with Crippen molar-refractivity contribution >= 4 is 19.0 Å². The summed E-state index contributed by atoms with van der Waals surface area (Å²) in [5.74, 6) is -0.251. The Bertz CT molecular complexity index is 1360. The quantitative estimate of drug-likeness (QED) is 0.243. The lowest BCUT2D eigenvalue weighted by molar-refractivity contribution is 0.0882. The Balaban J connectivity index is 1.72. The van der Waals surface area contributed by atoms with E-state index in [1.54, 1.807) is 0 Å². The number of phenols is 1. The van der Waals surface area contributed by atoms with Gasteiger partial charge in [-0.2, -0.15) is 5.10 Å². The van der Waals surface area contributed by atoms with Crippen molar-refractivity contribution in [1.82, 2.24) is 19.3 Å². The van der Waals surface area contributed by atoms with E-state index in [-0.39, 0.29) is 5.75 Å². The largest absolute Gasteiger partial charge is 0.505 e. The molecule has 0 aliphatic carbocycles. The first-order valence-corrected chi connectivity index (χ1v) is 15.6. The molecule has 0 aliphatic heterocycles. The van der Waals surface area contributed by atoms with Crippen molar-refractivity contribution in [1.29, 1.82) is 0 Å². The lowest BCUT2D eigenvalue weighted by Crippen LogP contribution is -2.22. The van der Waals surface area contributed by atoms with Gasteiger partial charge in [-0.15, -0.1) is 0 Å². The van der Waals surface area contributed by atoms with Gasteiger partial charge in [-0.25, -0.2) is 9.37 Å². The SMILES string of the molecule is CCc1cc(O)c(F)cc1-c1ccc2c(-c3nc(CN)cn3COCC[Si](C)(C)C)nn(C)c2c1. The lowest BCUT2D eigenvalue weighted by Gasteiger charge is -2.15. The number of imidazole rings is 1. The first-order valence-electron chi connectivity index (χ1n) is 11.9. The van der Waals surface area contributed by atoms with Gasteiger partial charge in [-0.3, -0.25) is 4.68 Å². The zero-order valence-electron chi connectivity index (χ0n) is 21.1. The zero-order valence-corrected chi connectivity index (χ0v) is 22.1. The molecule has 0 radical (unpaired) electrons. The highest BCUT2D eigenvalue weighted by molar-refractivity contribution is 6.76. The molecule has 0 bridgehead atoms. The maximum atomic E-state index is 14.2. The summed E-state index contributed by atoms with van der Waals surface area (Å²) in [6, 6.07) is 9.93. The van der Waals surface area contributed by atoms with Gasteiger partial charge in [0.2, 0.25) is 0 Å². The average molecular weight is 496 g/mol. The molecule has 0 saturated carbocycles. The lowest BCUT2D eigenvalue weighted by atomic mass is 9.96. The fraction of sp³-hybridized carbons (Fsp3) is 0.385. The molecular formula is C26H34FN5O2Si. The van der Waals surface area contributed by atoms with Crippen LogP contribution in [0.15, 0.2) is 36.5 Å². The number of halogens is 1. The highest BCUT2D eigenvalue weighted by Gasteiger charge is 2.19. The molecule has 4 aromatic rings. The van der Waals surface area contributed by atoms with Crippen molar-refractivity contribution < 1.29 is 14.2 Å². The molecule has 0 saturated heterocycles. The Morgan fingerprint density at radius 1 is 1.17 bits per heavy atom. The highest BCUT2D eigenvalue weighted by atomic mass is 28.3. The Hall–Kier alpha value is -3.01. The summed E-state index contributed by atoms with van der Waals surface area (Å²) < 4.78 is 23.9. The van der Waals surface area contributed by atoms with Crippen LogP contribution in [0.2, 0.25) is 25.7 Å². The van der Waals surface area contributed by atoms with E-state index >= 15 is 0 Å². The molecular weight excluding hydrogens is 461 g/mol. The van der Waals surface area contributed by atoms with Gasteiger partial charge < -0.3 is 20.1 Å². The number of hydrogen-bond donors (Lipinski definition) is 2. The minimum Gasteiger partial charge on any atom is -0.505 e. The van der Waals surface area contributed by atoms with Crippen LogP contribution in [-0.4, -0.2) is 39.1 Å². The molecule has 0 unspecified atom stereocenters. The number of phenolic OH excluding ortho intramolecular Hbond substituents is 1. The number of aryl methyl sites for hydroxylation is 2. The smallest absolute Gasteiger partial charge is 0.165 e. The third-order valence-corrected chi connectivity index (χ3v) is 7.89. The molecule has 3 N–H and O–H groups in total. The average Bonchev–Trinajstić information content (AvgIpc) is 3.37. The third kappa shape index (κ3) is 5.32. The first kappa shape index (κ1) is 25.1. The first-order chi connectivity index (χ1) is 16.6. The molecule has 186 valence electrons. The number of rotatable bonds is 9. The molecule has 7 nitrogen and oxygen atoms in total. The highest BCUT2D eigenvalue weighted by Crippen LogP contribution is 2.34. The van der Waals surface area contributed by atoms with Crippen molar-refractivity contribution in [3.63, 3.8) is 0 Å². The fourth-order valence-corrected chi connectivity index (χ4v) is 4.91. The van der Waals surface area contributed by atoms with Crippen LogP contribution in [0.1, 0.15) is 18.2 Å². The standard InChI is InChI=1S/C26H34FN5O2Si/c1-6-17-12-24(33)22(27)13-21(17)18-7-8-20-23(11-18)31(2)30-25(20)26-29-19(14-28)15-32(26)16-34-9-10-35(3,4)5/h7-8,11-13,15,33H,6,9-10,14,16,28H2,1-5H3. The summed E-state index contributed by atoms with van der Waals surface area (Å²) in [7, 11) is 0.707. The number of nitrogens with zero attached hydrogens (tertiary/aromatic N) is 4. The van der Waals surface area contributed by atoms with E-state index < -0.39 is 13.9 Å². The van der Waals surface area contributed by atoms with E-state index in [1.807, 2.05) is 47.6 Å². The number of nitrogens with two attached hydrogens (primary N) is 1. The summed E-state index contributed by atoms with van der Waals surface area (Å²) in [5, 5.41) is 15.5. The third-order valence-electron chi connectivity index (χ3n) is 6.19. The maximum Gasteiger partial charge on any atom is 0.165 e. The van der Waals surface area contributed by atoms with E-state index in [1.165, 1.54) is 12.1 Å². The molecule has 0 aliphatic rings. The summed E-state index contributed by atoms with van der Waals surface area (Å²) in [6.45, 7) is 10.4. The van der Waals surface area contributed by atoms with Crippen LogP contribution in [0.25, 0.3) is 33.5 Å². The van der Waals surface area contributed by atoms with Crippen LogP contribution in [0.5, 0.6) is 5.75 Å². The molecule has 4 rings (SSSR count). The fourth-order valence-electron chi connectivity index (χ4n) is 4.15. The second kappa shape index (κ2) is 9.92. The van der Waals surface area contributed by atoms with Gasteiger partial charge in [-0.05, 0) is 53.4 Å². The molecule has 0 spiro atoms. The minimum absolute atomic E-state index is 0.329. The second-order valence-corrected chi connectivity index (χ2v) is 15.7. The van der Waals surface area contributed by atoms with Crippen molar-refractivity contribution in [3.8, 4) is 28.4 Å². The second-order valence-electron chi connectivity index (χ2n) is 10.1. The maximum absolute atomic E-state index is 14.2. The summed E-state index contributed by atoms with van der Waals surface area (Å²) in [6.07, 6.45) is 2.60. The molecule has 9 heteroatoms. The monoisotopic (exact) mass is 495 g/mol. The summed E-state index contributed by atoms with van der Waals surface area (Å²) in [4.78, 5) is 4.73. The molecule has 0 atom stereocenters. The van der Waals surface area contributed by atoms with Crippen LogP contribution in [0.3, 0.4) is 0 Å². The molecule has 2 heterocycles. The van der Waals surface area contributed by atoms with Crippen LogP contribution in [-0.2, 0) is 31.5 Å². The van der Waals surface area contributed by atoms with Crippen LogP contribution >= 0.6 is 0 Å². The number of hydrogen-bond acceptors (Lipinski definition) is 5. The van der Waals surface area contributed by atoms with E-state index in [0.717, 1.165) is 45.0 Å². The number of ether oxygens (including phenoxy) is 1. The van der Waals surface area contributed by atoms with Gasteiger partial charge in [0.25, 0.3) is 0 Å². The van der Waals surface area contributed by atoms with Gasteiger partial charge in [0.05, 0.1) is 11.2 Å². The summed E-state index contributed by atoms with van der Waals surface area (Å²) >= 11 is 0. The Morgan fingerprint density at radius 2 is 1.94 bits per heavy atom. The van der Waals surface area contributed by atoms with E-state index in [9.17, 15) is 9.50 Å². The van der Waals surface area contributed by atoms with Gasteiger partial charge in [-0.1, -0.05) is 32.6 Å². The van der Waals surface area contributed by atoms with Crippen molar-refractivity contribution in [2.24, 2.45) is 12.8 Å². The predicted molar refractivity (Wildman–Crippen MR) is 140 cm³/mol. The van der Waals surface area contributed by atoms with Crippen LogP contribution in [0.4, 0.5) is 4.39 Å². The minimum atomic E-state index is -1.18. The predicted octanol–water partition coefficient (Wildman–Crippen LogP) is 5.28. The van der Waals surface area contributed by atoms with Gasteiger partial charge in [0.1, 0.15) is 12.4 Å². The van der Waals surface area contributed by atoms with Crippen LogP contribution in [0, 0.1) is 5.82 Å². The number of aromatic hydroxyl groups is 1. The Labute approximate surface area is 206 Å². The molecule has 2 aromatic carbocycles. The van der Waals surface area contributed by atoms with Gasteiger partial charge >= 0.3 is 0 Å². The van der Waals surface area contributed by atoms with Gasteiger partial charge in [0, 0.05) is 39.9 Å². The van der Waals surface area contributed by atoms with Crippen molar-refractivity contribution in [3.05, 3.63) is 53.6 Å². The Kier molecular flexibility index (Phi) is 7.11.